The van der Waals surface area contributed by atoms with Gasteiger partial charge in [-0.2, -0.15) is 0 Å². The van der Waals surface area contributed by atoms with Gasteiger partial charge in [-0.15, -0.1) is 0 Å². The SMILES string of the molecule is CC.Cc1ccc(-c2ccc(C(C)C)cc2)c(C)c1. The van der Waals surface area contributed by atoms with Crippen LogP contribution in [0.15, 0.2) is 42.5 Å². The summed E-state index contributed by atoms with van der Waals surface area (Å²) in [6.45, 7) is 12.8. The molecule has 0 amide bonds. The van der Waals surface area contributed by atoms with Crippen LogP contribution in [0.25, 0.3) is 11.1 Å². The van der Waals surface area contributed by atoms with E-state index in [-0.39, 0.29) is 0 Å². The van der Waals surface area contributed by atoms with Gasteiger partial charge in [-0.3, -0.25) is 0 Å². The fourth-order valence-electron chi connectivity index (χ4n) is 2.19. The Morgan fingerprint density at radius 1 is 0.789 bits per heavy atom. The molecule has 0 aliphatic carbocycles. The second-order valence-electron chi connectivity index (χ2n) is 5.10. The molecule has 0 heterocycles. The van der Waals surface area contributed by atoms with Crippen LogP contribution < -0.4 is 0 Å². The van der Waals surface area contributed by atoms with Crippen molar-refractivity contribution in [1.82, 2.24) is 0 Å². The van der Waals surface area contributed by atoms with Crippen LogP contribution in [0.1, 0.15) is 50.3 Å². The van der Waals surface area contributed by atoms with Crippen LogP contribution in [-0.4, -0.2) is 0 Å². The van der Waals surface area contributed by atoms with Crippen molar-refractivity contribution in [3.63, 3.8) is 0 Å². The van der Waals surface area contributed by atoms with Crippen LogP contribution in [0, 0.1) is 13.8 Å². The van der Waals surface area contributed by atoms with Gasteiger partial charge < -0.3 is 0 Å². The summed E-state index contributed by atoms with van der Waals surface area (Å²) in [6, 6.07) is 15.6. The molecule has 0 saturated heterocycles. The van der Waals surface area contributed by atoms with E-state index in [1.807, 2.05) is 13.8 Å². The van der Waals surface area contributed by atoms with E-state index in [4.69, 9.17) is 0 Å². The molecule has 0 bridgehead atoms. The molecule has 0 radical (unpaired) electrons. The zero-order valence-electron chi connectivity index (χ0n) is 13.1. The number of hydrogen-bond donors (Lipinski definition) is 0. The number of rotatable bonds is 2. The van der Waals surface area contributed by atoms with E-state index < -0.39 is 0 Å². The molecule has 0 saturated carbocycles. The maximum absolute atomic E-state index is 2.24. The highest BCUT2D eigenvalue weighted by molar-refractivity contribution is 5.67. The lowest BCUT2D eigenvalue weighted by atomic mass is 9.96. The summed E-state index contributed by atoms with van der Waals surface area (Å²) in [4.78, 5) is 0. The van der Waals surface area contributed by atoms with Gasteiger partial charge in [-0.25, -0.2) is 0 Å². The normalized spacial score (nSPS) is 10.1. The molecule has 0 atom stereocenters. The smallest absolute Gasteiger partial charge is 0.0155 e. The van der Waals surface area contributed by atoms with Gasteiger partial charge in [0.15, 0.2) is 0 Å². The number of aryl methyl sites for hydroxylation is 2. The lowest BCUT2D eigenvalue weighted by Crippen LogP contribution is -1.88. The molecule has 0 spiro atoms. The topological polar surface area (TPSA) is 0 Å². The first-order valence-electron chi connectivity index (χ1n) is 7.25. The van der Waals surface area contributed by atoms with Crippen molar-refractivity contribution in [2.45, 2.75) is 47.5 Å². The van der Waals surface area contributed by atoms with Crippen molar-refractivity contribution in [1.29, 1.82) is 0 Å². The second kappa shape index (κ2) is 7.13. The van der Waals surface area contributed by atoms with Crippen molar-refractivity contribution in [2.75, 3.05) is 0 Å². The Labute approximate surface area is 118 Å². The lowest BCUT2D eigenvalue weighted by Gasteiger charge is -2.09. The van der Waals surface area contributed by atoms with Crippen molar-refractivity contribution in [3.05, 3.63) is 59.2 Å². The zero-order chi connectivity index (χ0) is 14.4. The first-order valence-corrected chi connectivity index (χ1v) is 7.25. The largest absolute Gasteiger partial charge is 0.0683 e. The molecule has 0 heteroatoms. The molecule has 0 aliphatic heterocycles. The third-order valence-electron chi connectivity index (χ3n) is 3.27. The molecule has 2 rings (SSSR count). The van der Waals surface area contributed by atoms with Crippen molar-refractivity contribution < 1.29 is 0 Å². The third kappa shape index (κ3) is 3.96. The molecular weight excluding hydrogens is 228 g/mol. The van der Waals surface area contributed by atoms with Gasteiger partial charge in [-0.1, -0.05) is 75.7 Å². The van der Waals surface area contributed by atoms with E-state index in [9.17, 15) is 0 Å². The van der Waals surface area contributed by atoms with Crippen LogP contribution in [-0.2, 0) is 0 Å². The van der Waals surface area contributed by atoms with E-state index in [0.29, 0.717) is 5.92 Å². The molecule has 0 aliphatic rings. The van der Waals surface area contributed by atoms with Crippen LogP contribution in [0.4, 0.5) is 0 Å². The van der Waals surface area contributed by atoms with Crippen LogP contribution in [0.3, 0.4) is 0 Å². The molecule has 0 N–H and O–H groups in total. The molecule has 0 fully saturated rings. The first-order chi connectivity index (χ1) is 9.08. The van der Waals surface area contributed by atoms with Gasteiger partial charge in [0.2, 0.25) is 0 Å². The van der Waals surface area contributed by atoms with E-state index >= 15 is 0 Å². The molecule has 19 heavy (non-hydrogen) atoms. The summed E-state index contributed by atoms with van der Waals surface area (Å²) in [5.74, 6) is 0.600. The highest BCUT2D eigenvalue weighted by atomic mass is 14.1. The van der Waals surface area contributed by atoms with E-state index in [0.717, 1.165) is 0 Å². The highest BCUT2D eigenvalue weighted by Gasteiger charge is 2.03. The van der Waals surface area contributed by atoms with Gasteiger partial charge in [0.25, 0.3) is 0 Å². The summed E-state index contributed by atoms with van der Waals surface area (Å²) in [6.07, 6.45) is 0. The summed E-state index contributed by atoms with van der Waals surface area (Å²) in [7, 11) is 0. The third-order valence-corrected chi connectivity index (χ3v) is 3.27. The second-order valence-corrected chi connectivity index (χ2v) is 5.10. The van der Waals surface area contributed by atoms with Gasteiger partial charge in [-0.05, 0) is 42.0 Å². The minimum Gasteiger partial charge on any atom is -0.0683 e. The average Bonchev–Trinajstić information content (AvgIpc) is 2.41. The Morgan fingerprint density at radius 3 is 1.84 bits per heavy atom. The standard InChI is InChI=1S/C17H20.C2H6/c1-12(2)15-6-8-16(9-7-15)17-10-5-13(3)11-14(17)4;1-2/h5-12H,1-4H3;1-2H3. The molecule has 2 aromatic rings. The highest BCUT2D eigenvalue weighted by Crippen LogP contribution is 2.26. The van der Waals surface area contributed by atoms with Crippen LogP contribution in [0.5, 0.6) is 0 Å². The molecular formula is C19H26. The Kier molecular flexibility index (Phi) is 5.82. The van der Waals surface area contributed by atoms with Crippen molar-refractivity contribution in [3.8, 4) is 11.1 Å². The quantitative estimate of drug-likeness (QED) is 0.605. The van der Waals surface area contributed by atoms with Gasteiger partial charge in [0, 0.05) is 0 Å². The minimum atomic E-state index is 0.600. The maximum Gasteiger partial charge on any atom is -0.0155 e. The fraction of sp³-hybridized carbons (Fsp3) is 0.368. The summed E-state index contributed by atoms with van der Waals surface area (Å²) >= 11 is 0. The Balaban J connectivity index is 0.000000861. The van der Waals surface area contributed by atoms with Gasteiger partial charge >= 0.3 is 0 Å². The minimum absolute atomic E-state index is 0.600. The number of hydrogen-bond acceptors (Lipinski definition) is 0. The van der Waals surface area contributed by atoms with E-state index in [1.54, 1.807) is 0 Å². The van der Waals surface area contributed by atoms with Gasteiger partial charge in [0.05, 0.1) is 0 Å². The Bertz CT molecular complexity index is 504. The zero-order valence-corrected chi connectivity index (χ0v) is 13.1. The number of benzene rings is 2. The summed E-state index contributed by atoms with van der Waals surface area (Å²) in [5.41, 5.74) is 6.73. The van der Waals surface area contributed by atoms with Crippen LogP contribution >= 0.6 is 0 Å². The summed E-state index contributed by atoms with van der Waals surface area (Å²) < 4.78 is 0. The van der Waals surface area contributed by atoms with E-state index in [1.165, 1.54) is 27.8 Å². The average molecular weight is 254 g/mol. The Morgan fingerprint density at radius 2 is 1.37 bits per heavy atom. The van der Waals surface area contributed by atoms with Gasteiger partial charge in [0.1, 0.15) is 0 Å². The monoisotopic (exact) mass is 254 g/mol. The fourth-order valence-corrected chi connectivity index (χ4v) is 2.19. The predicted molar refractivity (Wildman–Crippen MR) is 86.8 cm³/mol. The first kappa shape index (κ1) is 15.5. The molecule has 0 nitrogen and oxygen atoms in total. The van der Waals surface area contributed by atoms with Crippen LogP contribution in [0.2, 0.25) is 0 Å². The maximum atomic E-state index is 2.24. The molecule has 2 aromatic carbocycles. The predicted octanol–water partition coefficient (Wildman–Crippen LogP) is 6.12. The van der Waals surface area contributed by atoms with E-state index in [2.05, 4.69) is 70.2 Å². The lowest BCUT2D eigenvalue weighted by molar-refractivity contribution is 0.867. The summed E-state index contributed by atoms with van der Waals surface area (Å²) in [5, 5.41) is 0. The molecule has 102 valence electrons. The van der Waals surface area contributed by atoms with Crippen molar-refractivity contribution >= 4 is 0 Å². The van der Waals surface area contributed by atoms with Crippen molar-refractivity contribution in [2.24, 2.45) is 0 Å². The molecule has 0 aromatic heterocycles. The Hall–Kier alpha value is -1.56. The molecule has 0 unspecified atom stereocenters.